The molecule has 0 saturated carbocycles. The van der Waals surface area contributed by atoms with E-state index in [0.717, 1.165) is 23.8 Å². The lowest BCUT2D eigenvalue weighted by atomic mass is 10.3. The van der Waals surface area contributed by atoms with Crippen molar-refractivity contribution in [2.45, 2.75) is 6.54 Å². The van der Waals surface area contributed by atoms with Gasteiger partial charge in [0.1, 0.15) is 0 Å². The van der Waals surface area contributed by atoms with E-state index in [1.54, 1.807) is 12.3 Å². The van der Waals surface area contributed by atoms with E-state index in [0.29, 0.717) is 6.54 Å². The van der Waals surface area contributed by atoms with E-state index < -0.39 is 0 Å². The van der Waals surface area contributed by atoms with E-state index in [1.807, 2.05) is 13.1 Å². The molecular weight excluding hydrogens is 186 g/mol. The third-order valence-corrected chi connectivity index (χ3v) is 1.96. The van der Waals surface area contributed by atoms with Crippen LogP contribution in [0, 0.1) is 0 Å². The summed E-state index contributed by atoms with van der Waals surface area (Å²) < 4.78 is 0. The van der Waals surface area contributed by atoms with Gasteiger partial charge in [-0.05, 0) is 19.2 Å². The molecule has 2 N–H and O–H groups in total. The Balaban J connectivity index is 2.53. The fourth-order valence-electron chi connectivity index (χ4n) is 1.11. The number of aromatic nitrogens is 1. The average molecular weight is 200 g/mol. The van der Waals surface area contributed by atoms with Crippen LogP contribution in [0.25, 0.3) is 0 Å². The van der Waals surface area contributed by atoms with Gasteiger partial charge >= 0.3 is 0 Å². The molecule has 72 valence electrons. The Kier molecular flexibility index (Phi) is 4.15. The van der Waals surface area contributed by atoms with E-state index in [9.17, 15) is 0 Å². The third-order valence-electron chi connectivity index (χ3n) is 1.72. The fourth-order valence-corrected chi connectivity index (χ4v) is 1.29. The summed E-state index contributed by atoms with van der Waals surface area (Å²) in [5, 5.41) is 0.728. The zero-order valence-corrected chi connectivity index (χ0v) is 8.46. The van der Waals surface area contributed by atoms with Crippen molar-refractivity contribution in [3.8, 4) is 0 Å². The Bertz CT molecular complexity index is 265. The molecule has 0 saturated heterocycles. The second-order valence-electron chi connectivity index (χ2n) is 2.99. The molecule has 0 aliphatic heterocycles. The minimum absolute atomic E-state index is 0.664. The average Bonchev–Trinajstić information content (AvgIpc) is 2.04. The number of halogens is 1. The predicted molar refractivity (Wildman–Crippen MR) is 54.6 cm³/mol. The van der Waals surface area contributed by atoms with Crippen molar-refractivity contribution in [1.29, 1.82) is 0 Å². The van der Waals surface area contributed by atoms with Crippen molar-refractivity contribution in [2.24, 2.45) is 5.73 Å². The van der Waals surface area contributed by atoms with Gasteiger partial charge in [-0.1, -0.05) is 11.6 Å². The molecule has 0 bridgehead atoms. The third kappa shape index (κ3) is 3.72. The highest BCUT2D eigenvalue weighted by Crippen LogP contribution is 2.08. The van der Waals surface area contributed by atoms with Gasteiger partial charge in [-0.15, -0.1) is 0 Å². The number of nitrogens with zero attached hydrogens (tertiary/aromatic N) is 2. The fraction of sp³-hybridized carbons (Fsp3) is 0.444. The minimum Gasteiger partial charge on any atom is -0.329 e. The topological polar surface area (TPSA) is 42.1 Å². The first-order valence-corrected chi connectivity index (χ1v) is 4.59. The van der Waals surface area contributed by atoms with Crippen LogP contribution in [-0.4, -0.2) is 30.0 Å². The predicted octanol–water partition coefficient (Wildman–Crippen LogP) is 1.13. The van der Waals surface area contributed by atoms with Gasteiger partial charge in [0.15, 0.2) is 0 Å². The second kappa shape index (κ2) is 5.17. The van der Waals surface area contributed by atoms with E-state index in [4.69, 9.17) is 17.3 Å². The molecule has 0 radical (unpaired) electrons. The van der Waals surface area contributed by atoms with Gasteiger partial charge in [0.05, 0.1) is 5.69 Å². The van der Waals surface area contributed by atoms with Crippen molar-refractivity contribution < 1.29 is 0 Å². The standard InChI is InChI=1S/C9H14ClN3/c1-13(5-3-11)7-9-6-8(10)2-4-12-9/h2,4,6H,3,5,7,11H2,1H3. The maximum atomic E-state index is 5.82. The zero-order chi connectivity index (χ0) is 9.68. The Morgan fingerprint density at radius 1 is 1.62 bits per heavy atom. The van der Waals surface area contributed by atoms with Gasteiger partial charge in [0.2, 0.25) is 0 Å². The summed E-state index contributed by atoms with van der Waals surface area (Å²) in [5.74, 6) is 0. The number of likely N-dealkylation sites (N-methyl/N-ethyl adjacent to an activating group) is 1. The monoisotopic (exact) mass is 199 g/mol. The first-order valence-electron chi connectivity index (χ1n) is 4.21. The van der Waals surface area contributed by atoms with Crippen LogP contribution in [0.2, 0.25) is 5.02 Å². The van der Waals surface area contributed by atoms with Crippen LogP contribution in [0.3, 0.4) is 0 Å². The molecule has 4 heteroatoms. The summed E-state index contributed by atoms with van der Waals surface area (Å²) in [4.78, 5) is 6.30. The summed E-state index contributed by atoms with van der Waals surface area (Å²) in [6.07, 6.45) is 1.72. The van der Waals surface area contributed by atoms with Crippen LogP contribution >= 0.6 is 11.6 Å². The zero-order valence-electron chi connectivity index (χ0n) is 7.70. The lowest BCUT2D eigenvalue weighted by Crippen LogP contribution is -2.25. The molecule has 0 aliphatic rings. The Morgan fingerprint density at radius 3 is 3.00 bits per heavy atom. The number of pyridine rings is 1. The van der Waals surface area contributed by atoms with Crippen LogP contribution in [0.15, 0.2) is 18.3 Å². The highest BCUT2D eigenvalue weighted by atomic mass is 35.5. The molecule has 1 heterocycles. The molecule has 0 unspecified atom stereocenters. The molecule has 1 aromatic heterocycles. The lowest BCUT2D eigenvalue weighted by Gasteiger charge is -2.14. The molecule has 3 nitrogen and oxygen atoms in total. The minimum atomic E-state index is 0.664. The van der Waals surface area contributed by atoms with Gasteiger partial charge in [-0.25, -0.2) is 0 Å². The van der Waals surface area contributed by atoms with E-state index in [1.165, 1.54) is 0 Å². The van der Waals surface area contributed by atoms with Gasteiger partial charge in [0.25, 0.3) is 0 Å². The van der Waals surface area contributed by atoms with E-state index in [2.05, 4.69) is 9.88 Å². The van der Waals surface area contributed by atoms with Gasteiger partial charge in [0, 0.05) is 30.9 Å². The number of nitrogens with two attached hydrogens (primary N) is 1. The summed E-state index contributed by atoms with van der Waals surface area (Å²) >= 11 is 5.82. The molecule has 0 amide bonds. The van der Waals surface area contributed by atoms with Gasteiger partial charge < -0.3 is 5.73 Å². The van der Waals surface area contributed by atoms with Crippen molar-refractivity contribution in [2.75, 3.05) is 20.1 Å². The van der Waals surface area contributed by atoms with Crippen molar-refractivity contribution in [3.63, 3.8) is 0 Å². The highest BCUT2D eigenvalue weighted by Gasteiger charge is 2.00. The second-order valence-corrected chi connectivity index (χ2v) is 3.43. The summed E-state index contributed by atoms with van der Waals surface area (Å²) in [6.45, 7) is 2.32. The van der Waals surface area contributed by atoms with Crippen LogP contribution in [0.1, 0.15) is 5.69 Å². The molecule has 13 heavy (non-hydrogen) atoms. The summed E-state index contributed by atoms with van der Waals surface area (Å²) in [7, 11) is 2.01. The smallest absolute Gasteiger partial charge is 0.0558 e. The van der Waals surface area contributed by atoms with Gasteiger partial charge in [-0.3, -0.25) is 9.88 Å². The molecular formula is C9H14ClN3. The maximum absolute atomic E-state index is 5.82. The van der Waals surface area contributed by atoms with E-state index >= 15 is 0 Å². The Labute approximate surface area is 83.5 Å². The molecule has 1 rings (SSSR count). The molecule has 0 spiro atoms. The highest BCUT2D eigenvalue weighted by molar-refractivity contribution is 6.30. The van der Waals surface area contributed by atoms with Crippen LogP contribution in [0.5, 0.6) is 0 Å². The van der Waals surface area contributed by atoms with Crippen molar-refractivity contribution >= 4 is 11.6 Å². The largest absolute Gasteiger partial charge is 0.329 e. The normalized spacial score (nSPS) is 10.8. The molecule has 0 atom stereocenters. The molecule has 0 aliphatic carbocycles. The first kappa shape index (κ1) is 10.4. The summed E-state index contributed by atoms with van der Waals surface area (Å²) in [6, 6.07) is 3.64. The van der Waals surface area contributed by atoms with Gasteiger partial charge in [-0.2, -0.15) is 0 Å². The molecule has 0 aromatic carbocycles. The molecule has 1 aromatic rings. The van der Waals surface area contributed by atoms with Crippen molar-refractivity contribution in [1.82, 2.24) is 9.88 Å². The SMILES string of the molecule is CN(CCN)Cc1cc(Cl)ccn1. The van der Waals surface area contributed by atoms with Crippen molar-refractivity contribution in [3.05, 3.63) is 29.0 Å². The molecule has 0 fully saturated rings. The van der Waals surface area contributed by atoms with E-state index in [-0.39, 0.29) is 0 Å². The Hall–Kier alpha value is -0.640. The lowest BCUT2D eigenvalue weighted by molar-refractivity contribution is 0.332. The van der Waals surface area contributed by atoms with Crippen LogP contribution < -0.4 is 5.73 Å². The van der Waals surface area contributed by atoms with Crippen LogP contribution in [0.4, 0.5) is 0 Å². The number of hydrogen-bond donors (Lipinski definition) is 1. The number of hydrogen-bond acceptors (Lipinski definition) is 3. The summed E-state index contributed by atoms with van der Waals surface area (Å²) in [5.41, 5.74) is 6.40. The number of rotatable bonds is 4. The first-order chi connectivity index (χ1) is 6.22. The quantitative estimate of drug-likeness (QED) is 0.791. The Morgan fingerprint density at radius 2 is 2.38 bits per heavy atom. The van der Waals surface area contributed by atoms with Crippen LogP contribution in [-0.2, 0) is 6.54 Å². The maximum Gasteiger partial charge on any atom is 0.0558 e.